The number of carbonyl (C=O) groups is 1. The summed E-state index contributed by atoms with van der Waals surface area (Å²) in [6.45, 7) is 6.83. The van der Waals surface area contributed by atoms with Gasteiger partial charge in [-0.1, -0.05) is 19.1 Å². The molecular formula is C23H30N2O3. The molecule has 0 N–H and O–H groups in total. The van der Waals surface area contributed by atoms with E-state index < -0.39 is 0 Å². The van der Waals surface area contributed by atoms with Crippen molar-refractivity contribution >= 4 is 5.91 Å². The maximum atomic E-state index is 13.0. The highest BCUT2D eigenvalue weighted by Crippen LogP contribution is 2.18. The number of hydrogen-bond donors (Lipinski definition) is 0. The number of nitrogens with zero attached hydrogens (tertiary/aromatic N) is 2. The molecule has 3 rings (SSSR count). The normalized spacial score (nSPS) is 17.2. The third-order valence-corrected chi connectivity index (χ3v) is 4.98. The Morgan fingerprint density at radius 3 is 2.89 bits per heavy atom. The van der Waals surface area contributed by atoms with E-state index in [1.165, 1.54) is 0 Å². The van der Waals surface area contributed by atoms with E-state index in [1.807, 2.05) is 48.2 Å². The van der Waals surface area contributed by atoms with Gasteiger partial charge in [0.05, 0.1) is 12.3 Å². The van der Waals surface area contributed by atoms with Crippen LogP contribution in [-0.2, 0) is 11.3 Å². The Kier molecular flexibility index (Phi) is 7.43. The summed E-state index contributed by atoms with van der Waals surface area (Å²) in [6.07, 6.45) is 5.96. The van der Waals surface area contributed by atoms with Crippen molar-refractivity contribution in [3.05, 3.63) is 59.4 Å². The Bertz CT molecular complexity index is 761. The van der Waals surface area contributed by atoms with Crippen LogP contribution in [-0.4, -0.2) is 41.6 Å². The van der Waals surface area contributed by atoms with Gasteiger partial charge in [0.1, 0.15) is 12.4 Å². The van der Waals surface area contributed by atoms with Gasteiger partial charge in [-0.15, -0.1) is 0 Å². The maximum Gasteiger partial charge on any atom is 0.253 e. The lowest BCUT2D eigenvalue weighted by atomic mass is 10.1. The maximum absolute atomic E-state index is 13.0. The summed E-state index contributed by atoms with van der Waals surface area (Å²) in [6, 6.07) is 11.5. The van der Waals surface area contributed by atoms with Gasteiger partial charge >= 0.3 is 0 Å². The zero-order valence-electron chi connectivity index (χ0n) is 16.9. The molecule has 1 aliphatic rings. The molecule has 1 aromatic carbocycles. The average Bonchev–Trinajstić information content (AvgIpc) is 2.97. The van der Waals surface area contributed by atoms with Gasteiger partial charge in [0, 0.05) is 31.0 Å². The van der Waals surface area contributed by atoms with Crippen LogP contribution in [0.25, 0.3) is 0 Å². The fourth-order valence-electron chi connectivity index (χ4n) is 3.40. The summed E-state index contributed by atoms with van der Waals surface area (Å²) in [5, 5.41) is 0. The summed E-state index contributed by atoms with van der Waals surface area (Å²) in [4.78, 5) is 19.2. The molecule has 0 spiro atoms. The van der Waals surface area contributed by atoms with Crippen LogP contribution in [0.1, 0.15) is 54.2 Å². The first-order valence-corrected chi connectivity index (χ1v) is 10.2. The summed E-state index contributed by atoms with van der Waals surface area (Å²) < 4.78 is 11.7. The number of likely N-dealkylation sites (tertiary alicyclic amines) is 1. The molecule has 1 fully saturated rings. The van der Waals surface area contributed by atoms with Crippen molar-refractivity contribution in [2.45, 2.75) is 52.2 Å². The van der Waals surface area contributed by atoms with Gasteiger partial charge in [0.15, 0.2) is 0 Å². The van der Waals surface area contributed by atoms with Gasteiger partial charge in [0.25, 0.3) is 5.91 Å². The van der Waals surface area contributed by atoms with E-state index in [1.54, 1.807) is 6.20 Å². The topological polar surface area (TPSA) is 51.7 Å². The lowest BCUT2D eigenvalue weighted by Crippen LogP contribution is -2.32. The Morgan fingerprint density at radius 2 is 2.11 bits per heavy atom. The highest BCUT2D eigenvalue weighted by molar-refractivity contribution is 5.94. The summed E-state index contributed by atoms with van der Waals surface area (Å²) >= 11 is 0. The largest absolute Gasteiger partial charge is 0.487 e. The predicted molar refractivity (Wildman–Crippen MR) is 110 cm³/mol. The number of aryl methyl sites for hydroxylation is 1. The molecule has 2 aromatic rings. The highest BCUT2D eigenvalue weighted by Gasteiger charge is 2.22. The first-order chi connectivity index (χ1) is 13.7. The standard InChI is InChI=1S/C23H30N2O3/c1-3-14-27-21-8-5-12-25(13-11-21)23(26)20-7-4-6-19(15-20)17-28-22-10-9-18(2)24-16-22/h4,6-7,9-10,15-16,21H,3,5,8,11-14,17H2,1-2H3. The van der Waals surface area contributed by atoms with E-state index in [9.17, 15) is 4.79 Å². The second-order valence-electron chi connectivity index (χ2n) is 7.34. The number of aromatic nitrogens is 1. The van der Waals surface area contributed by atoms with Crippen LogP contribution in [0.2, 0.25) is 0 Å². The first-order valence-electron chi connectivity index (χ1n) is 10.2. The molecule has 1 aromatic heterocycles. The van der Waals surface area contributed by atoms with Crippen LogP contribution < -0.4 is 4.74 Å². The summed E-state index contributed by atoms with van der Waals surface area (Å²) in [7, 11) is 0. The van der Waals surface area contributed by atoms with E-state index >= 15 is 0 Å². The minimum Gasteiger partial charge on any atom is -0.487 e. The van der Waals surface area contributed by atoms with Crippen LogP contribution in [0.4, 0.5) is 0 Å². The SMILES string of the molecule is CCCOC1CCCN(C(=O)c2cccc(COc3ccc(C)nc3)c2)CC1. The molecule has 5 nitrogen and oxygen atoms in total. The van der Waals surface area contributed by atoms with Crippen molar-refractivity contribution in [1.82, 2.24) is 9.88 Å². The summed E-state index contributed by atoms with van der Waals surface area (Å²) in [5.41, 5.74) is 2.65. The number of ether oxygens (including phenoxy) is 2. The number of amides is 1. The van der Waals surface area contributed by atoms with Gasteiger partial charge in [0.2, 0.25) is 0 Å². The molecule has 28 heavy (non-hydrogen) atoms. The predicted octanol–water partition coefficient (Wildman–Crippen LogP) is 4.39. The molecule has 0 radical (unpaired) electrons. The Morgan fingerprint density at radius 1 is 1.21 bits per heavy atom. The zero-order valence-corrected chi connectivity index (χ0v) is 16.9. The lowest BCUT2D eigenvalue weighted by molar-refractivity contribution is 0.0432. The van der Waals surface area contributed by atoms with Crippen molar-refractivity contribution in [1.29, 1.82) is 0 Å². The average molecular weight is 383 g/mol. The molecule has 1 aliphatic heterocycles. The molecule has 1 unspecified atom stereocenters. The van der Waals surface area contributed by atoms with Gasteiger partial charge in [-0.3, -0.25) is 9.78 Å². The van der Waals surface area contributed by atoms with Crippen LogP contribution in [0.3, 0.4) is 0 Å². The van der Waals surface area contributed by atoms with Crippen molar-refractivity contribution in [2.24, 2.45) is 0 Å². The number of rotatable bonds is 7. The second-order valence-corrected chi connectivity index (χ2v) is 7.34. The zero-order chi connectivity index (χ0) is 19.8. The monoisotopic (exact) mass is 382 g/mol. The van der Waals surface area contributed by atoms with Crippen LogP contribution >= 0.6 is 0 Å². The van der Waals surface area contributed by atoms with E-state index in [2.05, 4.69) is 11.9 Å². The lowest BCUT2D eigenvalue weighted by Gasteiger charge is -2.21. The van der Waals surface area contributed by atoms with Crippen molar-refractivity contribution < 1.29 is 14.3 Å². The molecule has 1 saturated heterocycles. The molecule has 2 heterocycles. The van der Waals surface area contributed by atoms with Gasteiger partial charge in [-0.05, 0) is 62.4 Å². The van der Waals surface area contributed by atoms with Gasteiger partial charge in [-0.25, -0.2) is 0 Å². The van der Waals surface area contributed by atoms with Crippen molar-refractivity contribution in [3.8, 4) is 5.75 Å². The van der Waals surface area contributed by atoms with Crippen LogP contribution in [0.15, 0.2) is 42.6 Å². The minimum atomic E-state index is 0.0926. The van der Waals surface area contributed by atoms with Crippen molar-refractivity contribution in [2.75, 3.05) is 19.7 Å². The van der Waals surface area contributed by atoms with Crippen LogP contribution in [0.5, 0.6) is 5.75 Å². The Labute approximate surface area is 167 Å². The number of benzene rings is 1. The molecular weight excluding hydrogens is 352 g/mol. The Hall–Kier alpha value is -2.40. The fraction of sp³-hybridized carbons (Fsp3) is 0.478. The van der Waals surface area contributed by atoms with Crippen molar-refractivity contribution in [3.63, 3.8) is 0 Å². The number of carbonyl (C=O) groups excluding carboxylic acids is 1. The first kappa shape index (κ1) is 20.3. The van der Waals surface area contributed by atoms with E-state index in [-0.39, 0.29) is 12.0 Å². The molecule has 150 valence electrons. The second kappa shape index (κ2) is 10.2. The van der Waals surface area contributed by atoms with E-state index in [0.29, 0.717) is 6.61 Å². The quantitative estimate of drug-likeness (QED) is 0.713. The third kappa shape index (κ3) is 5.80. The van der Waals surface area contributed by atoms with E-state index in [0.717, 1.165) is 68.0 Å². The molecule has 1 amide bonds. The number of hydrogen-bond acceptors (Lipinski definition) is 4. The number of pyridine rings is 1. The molecule has 5 heteroatoms. The molecule has 1 atom stereocenters. The van der Waals surface area contributed by atoms with Gasteiger partial charge in [-0.2, -0.15) is 0 Å². The fourth-order valence-corrected chi connectivity index (χ4v) is 3.40. The van der Waals surface area contributed by atoms with Gasteiger partial charge < -0.3 is 14.4 Å². The smallest absolute Gasteiger partial charge is 0.253 e. The minimum absolute atomic E-state index is 0.0926. The molecule has 0 aliphatic carbocycles. The highest BCUT2D eigenvalue weighted by atomic mass is 16.5. The third-order valence-electron chi connectivity index (χ3n) is 4.98. The molecule has 0 bridgehead atoms. The Balaban J connectivity index is 1.58. The summed E-state index contributed by atoms with van der Waals surface area (Å²) in [5.74, 6) is 0.822. The van der Waals surface area contributed by atoms with Crippen LogP contribution in [0, 0.1) is 6.92 Å². The molecule has 0 saturated carbocycles. The van der Waals surface area contributed by atoms with E-state index in [4.69, 9.17) is 9.47 Å².